The fourth-order valence-electron chi connectivity index (χ4n) is 1.56. The summed E-state index contributed by atoms with van der Waals surface area (Å²) >= 11 is 13.3. The van der Waals surface area contributed by atoms with E-state index >= 15 is 0 Å². The Hall–Kier alpha value is -1.43. The van der Waals surface area contributed by atoms with Crippen molar-refractivity contribution in [3.63, 3.8) is 0 Å². The molecule has 0 radical (unpaired) electrons. The van der Waals surface area contributed by atoms with Crippen molar-refractivity contribution in [1.82, 2.24) is 4.98 Å². The molecular weight excluding hydrogens is 331 g/mol. The number of ether oxygens (including phenoxy) is 1. The minimum atomic E-state index is -0.476. The number of rotatable bonds is 4. The van der Waals surface area contributed by atoms with Crippen molar-refractivity contribution in [3.8, 4) is 0 Å². The Morgan fingerprint density at radius 2 is 2.14 bits per heavy atom. The Labute approximate surface area is 136 Å². The number of hydrogen-bond acceptors (Lipinski definition) is 5. The molecule has 0 fully saturated rings. The lowest BCUT2D eigenvalue weighted by molar-refractivity contribution is 0.0527. The predicted octanol–water partition coefficient (Wildman–Crippen LogP) is 4.30. The zero-order valence-corrected chi connectivity index (χ0v) is 13.4. The minimum absolute atomic E-state index is 0.273. The third kappa shape index (κ3) is 4.03. The van der Waals surface area contributed by atoms with Gasteiger partial charge in [-0.15, -0.1) is 0 Å². The first kappa shape index (κ1) is 15.9. The van der Waals surface area contributed by atoms with Crippen LogP contribution in [0.2, 0.25) is 10.0 Å². The summed E-state index contributed by atoms with van der Waals surface area (Å²) in [6.45, 7) is 2.01. The highest BCUT2D eigenvalue weighted by molar-refractivity contribution is 7.99. The summed E-state index contributed by atoms with van der Waals surface area (Å²) in [5.74, 6) is -0.476. The van der Waals surface area contributed by atoms with Gasteiger partial charge in [0.1, 0.15) is 5.03 Å². The van der Waals surface area contributed by atoms with Crippen molar-refractivity contribution in [2.75, 3.05) is 12.3 Å². The minimum Gasteiger partial charge on any atom is -0.462 e. The normalized spacial score (nSPS) is 10.4. The highest BCUT2D eigenvalue weighted by Crippen LogP contribution is 2.35. The van der Waals surface area contributed by atoms with Gasteiger partial charge >= 0.3 is 5.97 Å². The van der Waals surface area contributed by atoms with Crippen molar-refractivity contribution in [2.24, 2.45) is 0 Å². The van der Waals surface area contributed by atoms with E-state index in [0.29, 0.717) is 15.1 Å². The first-order valence-electron chi connectivity index (χ1n) is 6.06. The smallest absolute Gasteiger partial charge is 0.340 e. The van der Waals surface area contributed by atoms with Crippen LogP contribution in [0.5, 0.6) is 0 Å². The summed E-state index contributed by atoms with van der Waals surface area (Å²) < 4.78 is 4.95. The van der Waals surface area contributed by atoms with E-state index < -0.39 is 5.97 Å². The van der Waals surface area contributed by atoms with Crippen LogP contribution in [0, 0.1) is 0 Å². The molecule has 0 amide bonds. The first-order valence-corrected chi connectivity index (χ1v) is 7.64. The van der Waals surface area contributed by atoms with Gasteiger partial charge in [-0.25, -0.2) is 9.78 Å². The first-order chi connectivity index (χ1) is 10.0. The molecule has 2 rings (SSSR count). The van der Waals surface area contributed by atoms with Crippen LogP contribution in [0.25, 0.3) is 0 Å². The lowest BCUT2D eigenvalue weighted by Crippen LogP contribution is -2.08. The monoisotopic (exact) mass is 342 g/mol. The van der Waals surface area contributed by atoms with Crippen molar-refractivity contribution in [3.05, 3.63) is 46.1 Å². The van der Waals surface area contributed by atoms with E-state index in [4.69, 9.17) is 33.7 Å². The van der Waals surface area contributed by atoms with Crippen LogP contribution in [0.15, 0.2) is 40.4 Å². The van der Waals surface area contributed by atoms with E-state index in [0.717, 1.165) is 4.90 Å². The molecule has 1 heterocycles. The number of nitrogens with two attached hydrogens (primary N) is 1. The Balaban J connectivity index is 2.31. The van der Waals surface area contributed by atoms with Gasteiger partial charge in [0.05, 0.1) is 29.1 Å². The maximum Gasteiger partial charge on any atom is 0.340 e. The van der Waals surface area contributed by atoms with E-state index in [1.165, 1.54) is 18.0 Å². The summed E-state index contributed by atoms with van der Waals surface area (Å²) in [5, 5.41) is 1.71. The number of esters is 1. The average molecular weight is 343 g/mol. The molecule has 0 aliphatic heterocycles. The van der Waals surface area contributed by atoms with Crippen molar-refractivity contribution >= 4 is 46.6 Å². The highest BCUT2D eigenvalue weighted by atomic mass is 35.5. The standard InChI is InChI=1S/C14H12Cl2N2O2S/c1-2-20-14(19)9-6-13(18-7-11(9)17)21-12-5-8(15)3-4-10(12)16/h3-7H,2,17H2,1H3. The van der Waals surface area contributed by atoms with E-state index in [1.807, 2.05) is 0 Å². The van der Waals surface area contributed by atoms with E-state index in [1.54, 1.807) is 31.2 Å². The number of hydrogen-bond donors (Lipinski definition) is 1. The molecule has 0 saturated heterocycles. The van der Waals surface area contributed by atoms with Crippen LogP contribution >= 0.6 is 35.0 Å². The Morgan fingerprint density at radius 1 is 1.38 bits per heavy atom. The molecule has 0 spiro atoms. The molecule has 0 atom stereocenters. The van der Waals surface area contributed by atoms with Crippen LogP contribution in [0.4, 0.5) is 5.69 Å². The number of carbonyl (C=O) groups is 1. The molecule has 2 aromatic rings. The largest absolute Gasteiger partial charge is 0.462 e. The molecule has 2 N–H and O–H groups in total. The molecule has 110 valence electrons. The summed E-state index contributed by atoms with van der Waals surface area (Å²) in [6, 6.07) is 6.72. The molecule has 1 aromatic heterocycles. The molecule has 0 aliphatic rings. The number of anilines is 1. The molecular formula is C14H12Cl2N2O2S. The van der Waals surface area contributed by atoms with Crippen LogP contribution in [-0.4, -0.2) is 17.6 Å². The number of pyridine rings is 1. The number of halogens is 2. The Bertz CT molecular complexity index is 680. The second-order valence-corrected chi connectivity index (χ2v) is 5.91. The van der Waals surface area contributed by atoms with Crippen LogP contribution < -0.4 is 5.73 Å². The fourth-order valence-corrected chi connectivity index (χ4v) is 2.89. The predicted molar refractivity (Wildman–Crippen MR) is 85.2 cm³/mol. The molecule has 0 bridgehead atoms. The molecule has 0 unspecified atom stereocenters. The summed E-state index contributed by atoms with van der Waals surface area (Å²) in [5.41, 5.74) is 6.31. The third-order valence-corrected chi connectivity index (χ3v) is 4.18. The number of carbonyl (C=O) groups excluding carboxylic acids is 1. The van der Waals surface area contributed by atoms with E-state index in [2.05, 4.69) is 4.98 Å². The summed E-state index contributed by atoms with van der Waals surface area (Å²) in [6.07, 6.45) is 1.42. The molecule has 4 nitrogen and oxygen atoms in total. The van der Waals surface area contributed by atoms with Gasteiger partial charge < -0.3 is 10.5 Å². The molecule has 1 aromatic carbocycles. The van der Waals surface area contributed by atoms with Crippen molar-refractivity contribution < 1.29 is 9.53 Å². The topological polar surface area (TPSA) is 65.2 Å². The number of nitrogens with zero attached hydrogens (tertiary/aromatic N) is 1. The Morgan fingerprint density at radius 3 is 2.86 bits per heavy atom. The van der Waals surface area contributed by atoms with Gasteiger partial charge in [0.15, 0.2) is 0 Å². The van der Waals surface area contributed by atoms with Gasteiger partial charge in [-0.3, -0.25) is 0 Å². The lowest BCUT2D eigenvalue weighted by Gasteiger charge is -2.08. The second kappa shape index (κ2) is 7.02. The van der Waals surface area contributed by atoms with Gasteiger partial charge in [-0.05, 0) is 31.2 Å². The number of nitrogen functional groups attached to an aromatic ring is 1. The molecule has 7 heteroatoms. The number of benzene rings is 1. The second-order valence-electron chi connectivity index (χ2n) is 4.01. The van der Waals surface area contributed by atoms with Crippen molar-refractivity contribution in [2.45, 2.75) is 16.8 Å². The maximum absolute atomic E-state index is 11.8. The molecule has 0 saturated carbocycles. The third-order valence-electron chi connectivity index (χ3n) is 2.51. The van der Waals surface area contributed by atoms with Crippen LogP contribution in [0.1, 0.15) is 17.3 Å². The highest BCUT2D eigenvalue weighted by Gasteiger charge is 2.14. The SMILES string of the molecule is CCOC(=O)c1cc(Sc2cc(Cl)ccc2Cl)ncc1N. The zero-order chi connectivity index (χ0) is 15.4. The van der Waals surface area contributed by atoms with Crippen molar-refractivity contribution in [1.29, 1.82) is 0 Å². The number of aromatic nitrogens is 1. The van der Waals surface area contributed by atoms with Gasteiger partial charge in [0.2, 0.25) is 0 Å². The summed E-state index contributed by atoms with van der Waals surface area (Å²) in [4.78, 5) is 16.7. The van der Waals surface area contributed by atoms with Gasteiger partial charge in [-0.1, -0.05) is 35.0 Å². The fraction of sp³-hybridized carbons (Fsp3) is 0.143. The molecule has 0 aliphatic carbocycles. The van der Waals surface area contributed by atoms with E-state index in [-0.39, 0.29) is 17.9 Å². The zero-order valence-electron chi connectivity index (χ0n) is 11.1. The molecule has 21 heavy (non-hydrogen) atoms. The van der Waals surface area contributed by atoms with Gasteiger partial charge in [-0.2, -0.15) is 0 Å². The van der Waals surface area contributed by atoms with Gasteiger partial charge in [0, 0.05) is 9.92 Å². The maximum atomic E-state index is 11.8. The Kier molecular flexibility index (Phi) is 5.33. The van der Waals surface area contributed by atoms with Crippen LogP contribution in [0.3, 0.4) is 0 Å². The average Bonchev–Trinajstić information content (AvgIpc) is 2.45. The lowest BCUT2D eigenvalue weighted by atomic mass is 10.2. The quantitative estimate of drug-likeness (QED) is 0.839. The van der Waals surface area contributed by atoms with E-state index in [9.17, 15) is 4.79 Å². The van der Waals surface area contributed by atoms with Crippen LogP contribution in [-0.2, 0) is 4.74 Å². The summed E-state index contributed by atoms with van der Waals surface area (Å²) in [7, 11) is 0. The van der Waals surface area contributed by atoms with Gasteiger partial charge in [0.25, 0.3) is 0 Å².